The number of hydrogen-bond acceptors (Lipinski definition) is 4. The van der Waals surface area contributed by atoms with Crippen molar-refractivity contribution in [3.63, 3.8) is 0 Å². The largest absolute Gasteiger partial charge is 0.489 e. The van der Waals surface area contributed by atoms with Crippen LogP contribution in [0.4, 0.5) is 9.18 Å². The minimum atomic E-state index is -0.385. The van der Waals surface area contributed by atoms with E-state index in [0.29, 0.717) is 26.2 Å². The minimum Gasteiger partial charge on any atom is -0.489 e. The molecule has 2 aliphatic rings. The lowest BCUT2D eigenvalue weighted by molar-refractivity contribution is -0.122. The summed E-state index contributed by atoms with van der Waals surface area (Å²) in [6.07, 6.45) is 0. The summed E-state index contributed by atoms with van der Waals surface area (Å²) >= 11 is 0. The second-order valence-corrected chi connectivity index (χ2v) is 6.80. The number of carbonyl (C=O) groups excluding carboxylic acids is 2. The number of halogens is 1. The summed E-state index contributed by atoms with van der Waals surface area (Å²) in [6, 6.07) is 13.4. The average Bonchev–Trinajstić information content (AvgIpc) is 2.96. The summed E-state index contributed by atoms with van der Waals surface area (Å²) in [6.45, 7) is 2.93. The number of nitrogens with one attached hydrogen (secondary N) is 1. The van der Waals surface area contributed by atoms with Crippen molar-refractivity contribution in [2.45, 2.75) is 19.2 Å². The van der Waals surface area contributed by atoms with E-state index in [1.54, 1.807) is 17.0 Å². The molecule has 0 aliphatic carbocycles. The molecule has 7 heteroatoms. The number of urea groups is 1. The summed E-state index contributed by atoms with van der Waals surface area (Å²) in [5.41, 5.74) is 2.02. The fourth-order valence-electron chi connectivity index (χ4n) is 3.41. The number of nitrogens with zero attached hydrogens (tertiary/aromatic N) is 2. The summed E-state index contributed by atoms with van der Waals surface area (Å²) in [5.74, 6) is 0.270. The molecule has 140 valence electrons. The normalized spacial score (nSPS) is 19.7. The number of imide groups is 1. The van der Waals surface area contributed by atoms with Gasteiger partial charge in [0.25, 0.3) is 5.91 Å². The third kappa shape index (κ3) is 3.93. The molecule has 27 heavy (non-hydrogen) atoms. The molecular weight excluding hydrogens is 349 g/mol. The molecule has 0 radical (unpaired) electrons. The number of rotatable bonds is 5. The number of benzene rings is 2. The Kier molecular flexibility index (Phi) is 4.77. The van der Waals surface area contributed by atoms with Crippen LogP contribution in [-0.2, 0) is 17.9 Å². The first-order chi connectivity index (χ1) is 13.1. The Morgan fingerprint density at radius 2 is 1.70 bits per heavy atom. The molecule has 0 saturated carbocycles. The maximum absolute atomic E-state index is 12.9. The molecule has 2 heterocycles. The first kappa shape index (κ1) is 17.5. The average molecular weight is 369 g/mol. The predicted octanol–water partition coefficient (Wildman–Crippen LogP) is 2.14. The molecule has 3 amide bonds. The zero-order valence-electron chi connectivity index (χ0n) is 14.7. The number of fused-ring (bicyclic) bond motifs is 1. The summed E-state index contributed by atoms with van der Waals surface area (Å²) < 4.78 is 18.6. The molecule has 0 aromatic heterocycles. The van der Waals surface area contributed by atoms with E-state index in [0.717, 1.165) is 23.4 Å². The fraction of sp³-hybridized carbons (Fsp3) is 0.300. The molecule has 0 bridgehead atoms. The number of amides is 3. The SMILES string of the molecule is O=C1NC(=O)N2CCN(Cc3ccc(OCc4ccc(F)cc4)cc3)CC12. The van der Waals surface area contributed by atoms with Gasteiger partial charge in [-0.2, -0.15) is 0 Å². The molecule has 4 rings (SSSR count). The van der Waals surface area contributed by atoms with E-state index in [1.165, 1.54) is 12.1 Å². The molecule has 1 N–H and O–H groups in total. The van der Waals surface area contributed by atoms with E-state index in [1.807, 2.05) is 24.3 Å². The van der Waals surface area contributed by atoms with Crippen molar-refractivity contribution in [1.82, 2.24) is 15.1 Å². The van der Waals surface area contributed by atoms with Crippen LogP contribution in [0.25, 0.3) is 0 Å². The van der Waals surface area contributed by atoms with E-state index in [4.69, 9.17) is 4.74 Å². The van der Waals surface area contributed by atoms with Gasteiger partial charge >= 0.3 is 6.03 Å². The highest BCUT2D eigenvalue weighted by atomic mass is 19.1. The summed E-state index contributed by atoms with van der Waals surface area (Å²) in [4.78, 5) is 27.3. The van der Waals surface area contributed by atoms with Gasteiger partial charge in [-0.3, -0.25) is 15.0 Å². The number of hydrogen-bond donors (Lipinski definition) is 1. The van der Waals surface area contributed by atoms with Crippen LogP contribution in [0.3, 0.4) is 0 Å². The molecule has 1 atom stereocenters. The number of carbonyl (C=O) groups is 2. The van der Waals surface area contributed by atoms with Crippen molar-refractivity contribution in [3.05, 3.63) is 65.5 Å². The lowest BCUT2D eigenvalue weighted by Gasteiger charge is -2.35. The van der Waals surface area contributed by atoms with Crippen LogP contribution in [0.2, 0.25) is 0 Å². The molecule has 1 unspecified atom stereocenters. The Balaban J connectivity index is 1.31. The van der Waals surface area contributed by atoms with Crippen molar-refractivity contribution < 1.29 is 18.7 Å². The Morgan fingerprint density at radius 1 is 1.00 bits per heavy atom. The van der Waals surface area contributed by atoms with Gasteiger partial charge in [0, 0.05) is 26.2 Å². The Bertz CT molecular complexity index is 839. The maximum Gasteiger partial charge on any atom is 0.324 e. The lowest BCUT2D eigenvalue weighted by atomic mass is 10.1. The summed E-state index contributed by atoms with van der Waals surface area (Å²) in [5, 5.41) is 2.37. The van der Waals surface area contributed by atoms with Crippen molar-refractivity contribution in [3.8, 4) is 5.75 Å². The highest BCUT2D eigenvalue weighted by Gasteiger charge is 2.41. The molecule has 2 aliphatic heterocycles. The lowest BCUT2D eigenvalue weighted by Crippen LogP contribution is -2.52. The van der Waals surface area contributed by atoms with Gasteiger partial charge in [0.1, 0.15) is 24.2 Å². The highest BCUT2D eigenvalue weighted by Crippen LogP contribution is 2.19. The molecule has 6 nitrogen and oxygen atoms in total. The summed E-state index contributed by atoms with van der Waals surface area (Å²) in [7, 11) is 0. The first-order valence-electron chi connectivity index (χ1n) is 8.88. The second kappa shape index (κ2) is 7.36. The maximum atomic E-state index is 12.9. The molecule has 2 fully saturated rings. The van der Waals surface area contributed by atoms with Crippen LogP contribution in [0.1, 0.15) is 11.1 Å². The van der Waals surface area contributed by atoms with E-state index >= 15 is 0 Å². The Hall–Kier alpha value is -2.93. The Morgan fingerprint density at radius 3 is 2.44 bits per heavy atom. The number of ether oxygens (including phenoxy) is 1. The quantitative estimate of drug-likeness (QED) is 0.821. The fourth-order valence-corrected chi connectivity index (χ4v) is 3.41. The zero-order chi connectivity index (χ0) is 18.8. The van der Waals surface area contributed by atoms with Crippen LogP contribution in [-0.4, -0.2) is 47.4 Å². The smallest absolute Gasteiger partial charge is 0.324 e. The molecule has 2 aromatic rings. The van der Waals surface area contributed by atoms with Gasteiger partial charge in [-0.15, -0.1) is 0 Å². The van der Waals surface area contributed by atoms with Gasteiger partial charge in [0.2, 0.25) is 0 Å². The van der Waals surface area contributed by atoms with E-state index in [2.05, 4.69) is 10.2 Å². The zero-order valence-corrected chi connectivity index (χ0v) is 14.7. The number of piperazine rings is 1. The van der Waals surface area contributed by atoms with Crippen molar-refractivity contribution in [2.75, 3.05) is 19.6 Å². The van der Waals surface area contributed by atoms with Crippen LogP contribution in [0.5, 0.6) is 5.75 Å². The highest BCUT2D eigenvalue weighted by molar-refractivity contribution is 6.04. The topological polar surface area (TPSA) is 61.9 Å². The third-order valence-corrected chi connectivity index (χ3v) is 4.91. The van der Waals surface area contributed by atoms with Crippen molar-refractivity contribution in [2.24, 2.45) is 0 Å². The van der Waals surface area contributed by atoms with Gasteiger partial charge in [0.15, 0.2) is 0 Å². The van der Waals surface area contributed by atoms with Crippen LogP contribution in [0, 0.1) is 5.82 Å². The van der Waals surface area contributed by atoms with Gasteiger partial charge in [-0.05, 0) is 35.4 Å². The molecular formula is C20H20FN3O3. The van der Waals surface area contributed by atoms with Gasteiger partial charge < -0.3 is 9.64 Å². The molecule has 2 aromatic carbocycles. The standard InChI is InChI=1S/C20H20FN3O3/c21-16-5-1-15(2-6-16)13-27-17-7-3-14(4-8-17)11-23-9-10-24-18(12-23)19(25)22-20(24)26/h1-8,18H,9-13H2,(H,22,25,26). The molecule has 0 spiro atoms. The minimum absolute atomic E-state index is 0.214. The Labute approximate surface area is 156 Å². The van der Waals surface area contributed by atoms with Gasteiger partial charge in [-0.1, -0.05) is 24.3 Å². The van der Waals surface area contributed by atoms with E-state index in [9.17, 15) is 14.0 Å². The monoisotopic (exact) mass is 369 g/mol. The van der Waals surface area contributed by atoms with Crippen LogP contribution < -0.4 is 10.1 Å². The second-order valence-electron chi connectivity index (χ2n) is 6.80. The van der Waals surface area contributed by atoms with Gasteiger partial charge in [-0.25, -0.2) is 9.18 Å². The van der Waals surface area contributed by atoms with Crippen molar-refractivity contribution in [1.29, 1.82) is 0 Å². The van der Waals surface area contributed by atoms with Crippen molar-refractivity contribution >= 4 is 11.9 Å². The first-order valence-corrected chi connectivity index (χ1v) is 8.88. The van der Waals surface area contributed by atoms with E-state index in [-0.39, 0.29) is 23.8 Å². The van der Waals surface area contributed by atoms with Gasteiger partial charge in [0.05, 0.1) is 0 Å². The van der Waals surface area contributed by atoms with Crippen LogP contribution >= 0.6 is 0 Å². The third-order valence-electron chi connectivity index (χ3n) is 4.91. The molecule has 2 saturated heterocycles. The van der Waals surface area contributed by atoms with Crippen LogP contribution in [0.15, 0.2) is 48.5 Å². The predicted molar refractivity (Wildman–Crippen MR) is 96.5 cm³/mol. The van der Waals surface area contributed by atoms with E-state index < -0.39 is 0 Å².